The van der Waals surface area contributed by atoms with Crippen LogP contribution in [0.1, 0.15) is 54.1 Å². The first kappa shape index (κ1) is 20.0. The van der Waals surface area contributed by atoms with Gasteiger partial charge in [-0.3, -0.25) is 4.79 Å². The van der Waals surface area contributed by atoms with E-state index in [0.717, 1.165) is 6.26 Å². The molecule has 8 heteroatoms. The normalized spacial score (nSPS) is 14.5. The first-order valence-electron chi connectivity index (χ1n) is 9.78. The van der Waals surface area contributed by atoms with Crippen molar-refractivity contribution in [3.8, 4) is 0 Å². The number of nitrogens with zero attached hydrogens (tertiary/aromatic N) is 1. The van der Waals surface area contributed by atoms with E-state index in [1.54, 1.807) is 0 Å². The average molecular weight is 415 g/mol. The third-order valence-electron chi connectivity index (χ3n) is 5.23. The van der Waals surface area contributed by atoms with Crippen LogP contribution < -0.4 is 10.6 Å². The molecule has 1 heterocycles. The Kier molecular flexibility index (Phi) is 5.74. The zero-order valence-electron chi connectivity index (χ0n) is 16.1. The van der Waals surface area contributed by atoms with E-state index in [1.165, 1.54) is 37.7 Å². The maximum absolute atomic E-state index is 13.7. The van der Waals surface area contributed by atoms with Crippen molar-refractivity contribution in [2.24, 2.45) is 0 Å². The number of benzene rings is 2. The molecule has 3 aromatic rings. The molecule has 1 aliphatic rings. The summed E-state index contributed by atoms with van der Waals surface area (Å²) in [7, 11) is 0. The summed E-state index contributed by atoms with van der Waals surface area (Å²) in [6.07, 6.45) is 7.27. The van der Waals surface area contributed by atoms with Gasteiger partial charge in [0, 0.05) is 17.8 Å². The van der Waals surface area contributed by atoms with E-state index < -0.39 is 23.4 Å². The Balaban J connectivity index is 1.40. The van der Waals surface area contributed by atoms with Crippen LogP contribution in [0.2, 0.25) is 0 Å². The van der Waals surface area contributed by atoms with Gasteiger partial charge in [0.25, 0.3) is 11.9 Å². The van der Waals surface area contributed by atoms with E-state index >= 15 is 0 Å². The standard InChI is InChI=1S/C22H20F3N3O2/c23-16-10-18(25)19(11-17(16)24)27-22-28-20(12-30-22)21(29)26-15-8-6-14(7-9-15)13-4-2-1-3-5-13/h6-13H,1-5H2,(H,26,29)(H,27,28). The van der Waals surface area contributed by atoms with E-state index in [4.69, 9.17) is 4.42 Å². The number of aromatic nitrogens is 1. The molecule has 30 heavy (non-hydrogen) atoms. The van der Waals surface area contributed by atoms with E-state index in [2.05, 4.69) is 15.6 Å². The fraction of sp³-hybridized carbons (Fsp3) is 0.273. The van der Waals surface area contributed by atoms with E-state index in [1.807, 2.05) is 24.3 Å². The highest BCUT2D eigenvalue weighted by atomic mass is 19.2. The van der Waals surface area contributed by atoms with Crippen molar-refractivity contribution >= 4 is 23.3 Å². The van der Waals surface area contributed by atoms with Crippen molar-refractivity contribution in [2.45, 2.75) is 38.0 Å². The molecule has 1 aliphatic carbocycles. The van der Waals surface area contributed by atoms with Crippen molar-refractivity contribution in [2.75, 3.05) is 10.6 Å². The molecule has 1 saturated carbocycles. The topological polar surface area (TPSA) is 67.2 Å². The Morgan fingerprint density at radius 1 is 0.967 bits per heavy atom. The van der Waals surface area contributed by atoms with Crippen molar-refractivity contribution in [3.63, 3.8) is 0 Å². The smallest absolute Gasteiger partial charge is 0.299 e. The van der Waals surface area contributed by atoms with Gasteiger partial charge in [-0.15, -0.1) is 0 Å². The highest BCUT2D eigenvalue weighted by Crippen LogP contribution is 2.33. The summed E-state index contributed by atoms with van der Waals surface area (Å²) in [6, 6.07) is 8.56. The van der Waals surface area contributed by atoms with Crippen LogP contribution in [0.4, 0.5) is 30.6 Å². The second-order valence-electron chi connectivity index (χ2n) is 7.32. The van der Waals surface area contributed by atoms with Gasteiger partial charge in [-0.2, -0.15) is 4.98 Å². The molecular weight excluding hydrogens is 395 g/mol. The van der Waals surface area contributed by atoms with Gasteiger partial charge in [-0.25, -0.2) is 13.2 Å². The van der Waals surface area contributed by atoms with Gasteiger partial charge >= 0.3 is 0 Å². The zero-order valence-corrected chi connectivity index (χ0v) is 16.1. The van der Waals surface area contributed by atoms with Gasteiger partial charge in [-0.1, -0.05) is 31.4 Å². The maximum Gasteiger partial charge on any atom is 0.299 e. The average Bonchev–Trinajstić information content (AvgIpc) is 3.22. The molecule has 1 amide bonds. The van der Waals surface area contributed by atoms with E-state index in [-0.39, 0.29) is 17.4 Å². The Bertz CT molecular complexity index is 1040. The number of oxazole rings is 1. The minimum absolute atomic E-state index is 0.0446. The summed E-state index contributed by atoms with van der Waals surface area (Å²) in [5.74, 6) is -3.48. The molecule has 2 aromatic carbocycles. The molecule has 0 bridgehead atoms. The SMILES string of the molecule is O=C(Nc1ccc(C2CCCCC2)cc1)c1coc(Nc2cc(F)c(F)cc2F)n1. The number of carbonyl (C=O) groups excluding carboxylic acids is 1. The van der Waals surface area contributed by atoms with Crippen LogP contribution >= 0.6 is 0 Å². The number of nitrogens with one attached hydrogen (secondary N) is 2. The van der Waals surface area contributed by atoms with E-state index in [9.17, 15) is 18.0 Å². The minimum atomic E-state index is -1.31. The largest absolute Gasteiger partial charge is 0.431 e. The number of halogens is 3. The number of hydrogen-bond donors (Lipinski definition) is 2. The monoisotopic (exact) mass is 415 g/mol. The molecule has 0 radical (unpaired) electrons. The van der Waals surface area contributed by atoms with E-state index in [0.29, 0.717) is 23.7 Å². The highest BCUT2D eigenvalue weighted by molar-refractivity contribution is 6.02. The van der Waals surface area contributed by atoms with Gasteiger partial charge in [0.2, 0.25) is 0 Å². The molecule has 0 atom stereocenters. The van der Waals surface area contributed by atoms with Crippen molar-refractivity contribution in [3.05, 3.63) is 71.4 Å². The second-order valence-corrected chi connectivity index (χ2v) is 7.32. The highest BCUT2D eigenvalue weighted by Gasteiger charge is 2.17. The fourth-order valence-corrected chi connectivity index (χ4v) is 3.64. The van der Waals surface area contributed by atoms with Gasteiger partial charge in [0.05, 0.1) is 5.69 Å². The van der Waals surface area contributed by atoms with Crippen LogP contribution in [0.15, 0.2) is 47.1 Å². The van der Waals surface area contributed by atoms with Crippen LogP contribution in [0.5, 0.6) is 0 Å². The van der Waals surface area contributed by atoms with Crippen molar-refractivity contribution in [1.82, 2.24) is 4.98 Å². The van der Waals surface area contributed by atoms with Crippen molar-refractivity contribution < 1.29 is 22.4 Å². The van der Waals surface area contributed by atoms with Crippen LogP contribution in [0.25, 0.3) is 0 Å². The third kappa shape index (κ3) is 4.48. The molecule has 4 rings (SSSR count). The second kappa shape index (κ2) is 8.61. The lowest BCUT2D eigenvalue weighted by molar-refractivity contribution is 0.102. The molecule has 0 saturated heterocycles. The number of rotatable bonds is 5. The Hall–Kier alpha value is -3.29. The number of amides is 1. The van der Waals surface area contributed by atoms with Gasteiger partial charge < -0.3 is 15.1 Å². The maximum atomic E-state index is 13.7. The lowest BCUT2D eigenvalue weighted by atomic mass is 9.84. The molecule has 1 fully saturated rings. The number of anilines is 3. The molecule has 2 N–H and O–H groups in total. The summed E-state index contributed by atoms with van der Waals surface area (Å²) in [5.41, 5.74) is 1.48. The first-order valence-corrected chi connectivity index (χ1v) is 9.78. The molecule has 0 unspecified atom stereocenters. The number of carbonyl (C=O) groups is 1. The molecule has 1 aromatic heterocycles. The first-order chi connectivity index (χ1) is 14.5. The lowest BCUT2D eigenvalue weighted by Gasteiger charge is -2.22. The summed E-state index contributed by atoms with van der Waals surface area (Å²) < 4.78 is 45.1. The van der Waals surface area contributed by atoms with Gasteiger partial charge in [0.15, 0.2) is 17.3 Å². The van der Waals surface area contributed by atoms with Crippen LogP contribution in [0, 0.1) is 17.5 Å². The molecule has 0 spiro atoms. The minimum Gasteiger partial charge on any atom is -0.431 e. The van der Waals surface area contributed by atoms with Gasteiger partial charge in [-0.05, 0) is 36.5 Å². The Morgan fingerprint density at radius 2 is 1.67 bits per heavy atom. The Morgan fingerprint density at radius 3 is 2.40 bits per heavy atom. The molecule has 156 valence electrons. The molecule has 0 aliphatic heterocycles. The predicted octanol–water partition coefficient (Wildman–Crippen LogP) is 6.14. The molecule has 5 nitrogen and oxygen atoms in total. The fourth-order valence-electron chi connectivity index (χ4n) is 3.64. The van der Waals surface area contributed by atoms with Crippen LogP contribution in [-0.2, 0) is 0 Å². The van der Waals surface area contributed by atoms with Gasteiger partial charge in [0.1, 0.15) is 12.1 Å². The van der Waals surface area contributed by atoms with Crippen LogP contribution in [-0.4, -0.2) is 10.9 Å². The zero-order chi connectivity index (χ0) is 21.1. The predicted molar refractivity (Wildman–Crippen MR) is 106 cm³/mol. The lowest BCUT2D eigenvalue weighted by Crippen LogP contribution is -2.12. The summed E-state index contributed by atoms with van der Waals surface area (Å²) in [5, 5.41) is 5.10. The molecular formula is C22H20F3N3O2. The third-order valence-corrected chi connectivity index (χ3v) is 5.23. The summed E-state index contributed by atoms with van der Waals surface area (Å²) in [4.78, 5) is 16.3. The summed E-state index contributed by atoms with van der Waals surface area (Å²) >= 11 is 0. The number of hydrogen-bond acceptors (Lipinski definition) is 4. The van der Waals surface area contributed by atoms with Crippen molar-refractivity contribution in [1.29, 1.82) is 0 Å². The Labute approximate surface area is 171 Å². The van der Waals surface area contributed by atoms with Crippen LogP contribution in [0.3, 0.4) is 0 Å². The summed E-state index contributed by atoms with van der Waals surface area (Å²) in [6.45, 7) is 0. The quantitative estimate of drug-likeness (QED) is 0.492.